The molecule has 0 aromatic heterocycles. The van der Waals surface area contributed by atoms with Crippen LogP contribution in [0.1, 0.15) is 28.4 Å². The van der Waals surface area contributed by atoms with Gasteiger partial charge in [0.2, 0.25) is 0 Å². The molecule has 0 aliphatic heterocycles. The van der Waals surface area contributed by atoms with Crippen LogP contribution in [-0.4, -0.2) is 38.3 Å². The first-order chi connectivity index (χ1) is 9.25. The van der Waals surface area contributed by atoms with Gasteiger partial charge < -0.3 is 4.74 Å². The molecule has 0 amide bonds. The first kappa shape index (κ1) is 16.4. The Bertz CT molecular complexity index is 616. The van der Waals surface area contributed by atoms with Crippen LogP contribution in [0.15, 0.2) is 18.2 Å². The number of esters is 1. The molecule has 0 aliphatic carbocycles. The Morgan fingerprint density at radius 2 is 1.80 bits per heavy atom. The number of carbonyl (C=O) groups excluding carboxylic acids is 2. The molecule has 1 aromatic rings. The predicted molar refractivity (Wildman–Crippen MR) is 75.5 cm³/mol. The third-order valence-electron chi connectivity index (χ3n) is 2.68. The molecule has 0 aliphatic rings. The number of hydrogen-bond donors (Lipinski definition) is 0. The maximum absolute atomic E-state index is 12.0. The van der Waals surface area contributed by atoms with Gasteiger partial charge >= 0.3 is 5.97 Å². The van der Waals surface area contributed by atoms with Gasteiger partial charge in [-0.1, -0.05) is 23.8 Å². The molecule has 20 heavy (non-hydrogen) atoms. The van der Waals surface area contributed by atoms with E-state index in [1.807, 2.05) is 13.0 Å². The third kappa shape index (κ3) is 4.77. The Labute approximate surface area is 118 Å². The summed E-state index contributed by atoms with van der Waals surface area (Å²) in [5, 5.41) is 0. The summed E-state index contributed by atoms with van der Waals surface area (Å²) in [6, 6.07) is 5.16. The molecule has 6 heteroatoms. The van der Waals surface area contributed by atoms with E-state index in [9.17, 15) is 18.0 Å². The van der Waals surface area contributed by atoms with Crippen LogP contribution in [0.4, 0.5) is 0 Å². The van der Waals surface area contributed by atoms with Crippen LogP contribution < -0.4 is 0 Å². The molecule has 0 atom stereocenters. The minimum Gasteiger partial charge on any atom is -0.465 e. The lowest BCUT2D eigenvalue weighted by Gasteiger charge is -2.07. The SMILES string of the molecule is CCOC(=O)CS(=O)(=O)CC(=O)c1ccc(C)cc1C. The van der Waals surface area contributed by atoms with E-state index in [2.05, 4.69) is 4.74 Å². The van der Waals surface area contributed by atoms with Crippen LogP contribution in [0, 0.1) is 13.8 Å². The van der Waals surface area contributed by atoms with Crippen molar-refractivity contribution in [3.63, 3.8) is 0 Å². The van der Waals surface area contributed by atoms with Gasteiger partial charge in [-0.2, -0.15) is 0 Å². The predicted octanol–water partition coefficient (Wildman–Crippen LogP) is 1.46. The highest BCUT2D eigenvalue weighted by Gasteiger charge is 2.23. The van der Waals surface area contributed by atoms with Gasteiger partial charge in [0.25, 0.3) is 0 Å². The van der Waals surface area contributed by atoms with Crippen molar-refractivity contribution in [1.29, 1.82) is 0 Å². The van der Waals surface area contributed by atoms with E-state index in [0.717, 1.165) is 11.1 Å². The highest BCUT2D eigenvalue weighted by atomic mass is 32.2. The summed E-state index contributed by atoms with van der Waals surface area (Å²) in [7, 11) is -3.80. The Morgan fingerprint density at radius 3 is 2.35 bits per heavy atom. The van der Waals surface area contributed by atoms with Crippen molar-refractivity contribution >= 4 is 21.6 Å². The van der Waals surface area contributed by atoms with Crippen LogP contribution in [0.5, 0.6) is 0 Å². The zero-order valence-electron chi connectivity index (χ0n) is 11.8. The molecule has 110 valence electrons. The lowest BCUT2D eigenvalue weighted by Crippen LogP contribution is -2.25. The Hall–Kier alpha value is -1.69. The second-order valence-electron chi connectivity index (χ2n) is 4.58. The number of rotatable bonds is 6. The Kier molecular flexibility index (Phi) is 5.44. The van der Waals surface area contributed by atoms with Crippen LogP contribution in [-0.2, 0) is 19.4 Å². The zero-order valence-corrected chi connectivity index (χ0v) is 12.6. The van der Waals surface area contributed by atoms with Gasteiger partial charge in [-0.05, 0) is 26.3 Å². The third-order valence-corrected chi connectivity index (χ3v) is 4.05. The normalized spacial score (nSPS) is 11.2. The zero-order chi connectivity index (χ0) is 15.3. The number of sulfone groups is 1. The molecule has 0 saturated carbocycles. The molecule has 5 nitrogen and oxygen atoms in total. The molecule has 0 saturated heterocycles. The number of carbonyl (C=O) groups is 2. The summed E-state index contributed by atoms with van der Waals surface area (Å²) in [5.41, 5.74) is 2.08. The van der Waals surface area contributed by atoms with Gasteiger partial charge in [0.1, 0.15) is 11.5 Å². The Morgan fingerprint density at radius 1 is 1.15 bits per heavy atom. The molecular weight excluding hydrogens is 280 g/mol. The molecule has 0 unspecified atom stereocenters. The van der Waals surface area contributed by atoms with Crippen molar-refractivity contribution in [3.8, 4) is 0 Å². The van der Waals surface area contributed by atoms with E-state index < -0.39 is 33.1 Å². The fourth-order valence-electron chi connectivity index (χ4n) is 1.84. The van der Waals surface area contributed by atoms with Gasteiger partial charge in [-0.3, -0.25) is 9.59 Å². The number of hydrogen-bond acceptors (Lipinski definition) is 5. The number of benzene rings is 1. The quantitative estimate of drug-likeness (QED) is 0.587. The molecule has 0 fully saturated rings. The van der Waals surface area contributed by atoms with Crippen molar-refractivity contribution in [2.24, 2.45) is 0 Å². The second-order valence-corrected chi connectivity index (χ2v) is 6.64. The highest BCUT2D eigenvalue weighted by Crippen LogP contribution is 2.12. The first-order valence-corrected chi connectivity index (χ1v) is 8.04. The minimum atomic E-state index is -3.80. The summed E-state index contributed by atoms with van der Waals surface area (Å²) in [6.45, 7) is 5.33. The van der Waals surface area contributed by atoms with Crippen LogP contribution in [0.25, 0.3) is 0 Å². The lowest BCUT2D eigenvalue weighted by molar-refractivity contribution is -0.139. The second kappa shape index (κ2) is 6.65. The fourth-order valence-corrected chi connectivity index (χ4v) is 2.94. The van der Waals surface area contributed by atoms with E-state index in [1.54, 1.807) is 26.0 Å². The average molecular weight is 298 g/mol. The molecule has 0 radical (unpaired) electrons. The molecule has 0 N–H and O–H groups in total. The summed E-state index contributed by atoms with van der Waals surface area (Å²) in [4.78, 5) is 23.2. The smallest absolute Gasteiger partial charge is 0.321 e. The van der Waals surface area contributed by atoms with Gasteiger partial charge in [-0.15, -0.1) is 0 Å². The minimum absolute atomic E-state index is 0.110. The number of aryl methyl sites for hydroxylation is 2. The van der Waals surface area contributed by atoms with E-state index in [1.165, 1.54) is 0 Å². The first-order valence-electron chi connectivity index (χ1n) is 6.21. The van der Waals surface area contributed by atoms with Crippen molar-refractivity contribution < 1.29 is 22.7 Å². The fraction of sp³-hybridized carbons (Fsp3) is 0.429. The van der Waals surface area contributed by atoms with Crippen LogP contribution >= 0.6 is 0 Å². The van der Waals surface area contributed by atoms with Gasteiger partial charge in [0, 0.05) is 5.56 Å². The number of ketones is 1. The van der Waals surface area contributed by atoms with Gasteiger partial charge in [0.05, 0.1) is 6.61 Å². The van der Waals surface area contributed by atoms with E-state index in [0.29, 0.717) is 5.56 Å². The van der Waals surface area contributed by atoms with Gasteiger partial charge in [0.15, 0.2) is 15.6 Å². The standard InChI is InChI=1S/C14H18O5S/c1-4-19-14(16)9-20(17,18)8-13(15)12-6-5-10(2)7-11(12)3/h5-7H,4,8-9H2,1-3H3. The topological polar surface area (TPSA) is 77.5 Å². The molecule has 0 heterocycles. The maximum Gasteiger partial charge on any atom is 0.321 e. The monoisotopic (exact) mass is 298 g/mol. The Balaban J connectivity index is 2.82. The van der Waals surface area contributed by atoms with E-state index >= 15 is 0 Å². The molecule has 0 bridgehead atoms. The van der Waals surface area contributed by atoms with Crippen LogP contribution in [0.3, 0.4) is 0 Å². The summed E-state index contributed by atoms with van der Waals surface area (Å²) in [6.07, 6.45) is 0. The van der Waals surface area contributed by atoms with Crippen molar-refractivity contribution in [2.45, 2.75) is 20.8 Å². The molecule has 0 spiro atoms. The number of Topliss-reactive ketones (excluding diaryl/α,β-unsaturated/α-hetero) is 1. The number of ether oxygens (including phenoxy) is 1. The van der Waals surface area contributed by atoms with Crippen LogP contribution in [0.2, 0.25) is 0 Å². The van der Waals surface area contributed by atoms with Crippen molar-refractivity contribution in [3.05, 3.63) is 34.9 Å². The van der Waals surface area contributed by atoms with Crippen molar-refractivity contribution in [2.75, 3.05) is 18.1 Å². The lowest BCUT2D eigenvalue weighted by atomic mass is 10.0. The summed E-state index contributed by atoms with van der Waals surface area (Å²) >= 11 is 0. The average Bonchev–Trinajstić information content (AvgIpc) is 2.26. The van der Waals surface area contributed by atoms with Gasteiger partial charge in [-0.25, -0.2) is 8.42 Å². The maximum atomic E-state index is 12.0. The van der Waals surface area contributed by atoms with E-state index in [-0.39, 0.29) is 6.61 Å². The summed E-state index contributed by atoms with van der Waals surface area (Å²) < 4.78 is 28.1. The molecule has 1 rings (SSSR count). The van der Waals surface area contributed by atoms with Crippen molar-refractivity contribution in [1.82, 2.24) is 0 Å². The largest absolute Gasteiger partial charge is 0.465 e. The summed E-state index contributed by atoms with van der Waals surface area (Å²) in [5.74, 6) is -2.79. The van der Waals surface area contributed by atoms with E-state index in [4.69, 9.17) is 0 Å². The molecule has 1 aromatic carbocycles. The molecular formula is C14H18O5S. The highest BCUT2D eigenvalue weighted by molar-refractivity contribution is 7.92.